The second-order valence-electron chi connectivity index (χ2n) is 5.52. The van der Waals surface area contributed by atoms with E-state index in [4.69, 9.17) is 0 Å². The zero-order valence-corrected chi connectivity index (χ0v) is 12.8. The molecule has 7 heteroatoms. The highest BCUT2D eigenvalue weighted by atomic mass is 32.2. The quantitative estimate of drug-likeness (QED) is 0.846. The van der Waals surface area contributed by atoms with E-state index in [0.29, 0.717) is 6.07 Å². The molecule has 23 heavy (non-hydrogen) atoms. The van der Waals surface area contributed by atoms with Crippen LogP contribution < -0.4 is 4.72 Å². The molecule has 3 rings (SSSR count). The Kier molecular flexibility index (Phi) is 4.16. The number of hydrogen-bond donors (Lipinski definition) is 1. The molecule has 1 saturated carbocycles. The van der Waals surface area contributed by atoms with Crippen molar-refractivity contribution >= 4 is 10.0 Å². The lowest BCUT2D eigenvalue weighted by atomic mass is 10.0. The lowest BCUT2D eigenvalue weighted by Crippen LogP contribution is -2.31. The van der Waals surface area contributed by atoms with Crippen molar-refractivity contribution in [2.45, 2.75) is 23.8 Å². The van der Waals surface area contributed by atoms with Crippen molar-refractivity contribution in [1.29, 1.82) is 0 Å². The number of sulfonamides is 1. The Hall–Kier alpha value is -1.86. The van der Waals surface area contributed by atoms with Gasteiger partial charge < -0.3 is 0 Å². The second kappa shape index (κ2) is 5.98. The molecule has 3 nitrogen and oxygen atoms in total. The van der Waals surface area contributed by atoms with E-state index in [-0.39, 0.29) is 5.92 Å². The summed E-state index contributed by atoms with van der Waals surface area (Å²) in [6.07, 6.45) is 1.70. The van der Waals surface area contributed by atoms with Crippen LogP contribution in [-0.2, 0) is 10.0 Å². The van der Waals surface area contributed by atoms with Crippen LogP contribution in [0.25, 0.3) is 0 Å². The van der Waals surface area contributed by atoms with Gasteiger partial charge in [0.05, 0.1) is 0 Å². The fourth-order valence-electron chi connectivity index (χ4n) is 2.47. The van der Waals surface area contributed by atoms with Crippen molar-refractivity contribution in [1.82, 2.24) is 4.72 Å². The zero-order valence-electron chi connectivity index (χ0n) is 12.0. The van der Waals surface area contributed by atoms with Crippen molar-refractivity contribution in [2.24, 2.45) is 5.92 Å². The van der Waals surface area contributed by atoms with E-state index in [0.717, 1.165) is 24.5 Å². The SMILES string of the molecule is O=S(=O)(NC(c1ccccc1)C1CC1)c1ccc(F)c(F)c1F. The Balaban J connectivity index is 1.95. The first-order valence-electron chi connectivity index (χ1n) is 7.11. The van der Waals surface area contributed by atoms with Crippen LogP contribution in [0.5, 0.6) is 0 Å². The Bertz CT molecular complexity index is 821. The summed E-state index contributed by atoms with van der Waals surface area (Å²) in [6.45, 7) is 0. The van der Waals surface area contributed by atoms with Crippen molar-refractivity contribution in [2.75, 3.05) is 0 Å². The molecule has 0 bridgehead atoms. The maximum atomic E-state index is 13.8. The first kappa shape index (κ1) is 16.0. The molecule has 0 radical (unpaired) electrons. The third kappa shape index (κ3) is 3.25. The lowest BCUT2D eigenvalue weighted by molar-refractivity contribution is 0.430. The van der Waals surface area contributed by atoms with Crippen molar-refractivity contribution in [3.05, 3.63) is 65.5 Å². The highest BCUT2D eigenvalue weighted by Crippen LogP contribution is 2.41. The van der Waals surface area contributed by atoms with Crippen molar-refractivity contribution in [3.8, 4) is 0 Å². The topological polar surface area (TPSA) is 46.2 Å². The average molecular weight is 341 g/mol. The minimum Gasteiger partial charge on any atom is -0.207 e. The van der Waals surface area contributed by atoms with Crippen LogP contribution in [-0.4, -0.2) is 8.42 Å². The molecule has 0 aromatic heterocycles. The van der Waals surface area contributed by atoms with Gasteiger partial charge in [-0.2, -0.15) is 0 Å². The summed E-state index contributed by atoms with van der Waals surface area (Å²) in [5.74, 6) is -4.82. The maximum Gasteiger partial charge on any atom is 0.244 e. The minimum atomic E-state index is -4.31. The predicted octanol–water partition coefficient (Wildman–Crippen LogP) is 3.53. The van der Waals surface area contributed by atoms with E-state index in [1.165, 1.54) is 0 Å². The summed E-state index contributed by atoms with van der Waals surface area (Å²) < 4.78 is 67.3. The van der Waals surface area contributed by atoms with Gasteiger partial charge in [-0.05, 0) is 36.5 Å². The molecule has 1 N–H and O–H groups in total. The van der Waals surface area contributed by atoms with Gasteiger partial charge in [0, 0.05) is 6.04 Å². The summed E-state index contributed by atoms with van der Waals surface area (Å²) in [6, 6.07) is 9.70. The molecule has 1 aliphatic carbocycles. The van der Waals surface area contributed by atoms with E-state index in [9.17, 15) is 21.6 Å². The summed E-state index contributed by atoms with van der Waals surface area (Å²) in [5.41, 5.74) is 0.751. The molecule has 0 heterocycles. The van der Waals surface area contributed by atoms with Crippen LogP contribution >= 0.6 is 0 Å². The van der Waals surface area contributed by atoms with Gasteiger partial charge >= 0.3 is 0 Å². The molecular formula is C16H14F3NO2S. The van der Waals surface area contributed by atoms with Crippen LogP contribution in [0.2, 0.25) is 0 Å². The fourth-order valence-corrected chi connectivity index (χ4v) is 3.84. The van der Waals surface area contributed by atoms with E-state index in [1.54, 1.807) is 30.3 Å². The molecular weight excluding hydrogens is 327 g/mol. The Morgan fingerprint density at radius 1 is 0.957 bits per heavy atom. The molecule has 0 amide bonds. The average Bonchev–Trinajstić information content (AvgIpc) is 3.36. The van der Waals surface area contributed by atoms with Gasteiger partial charge in [-0.1, -0.05) is 30.3 Å². The van der Waals surface area contributed by atoms with Gasteiger partial charge in [0.1, 0.15) is 4.90 Å². The number of benzene rings is 2. The Morgan fingerprint density at radius 2 is 1.61 bits per heavy atom. The summed E-state index contributed by atoms with van der Waals surface area (Å²) in [5, 5.41) is 0. The Morgan fingerprint density at radius 3 is 2.22 bits per heavy atom. The standard InChI is InChI=1S/C16H14F3NO2S/c17-12-8-9-13(15(19)14(12)18)23(21,22)20-16(11-6-7-11)10-4-2-1-3-5-10/h1-5,8-9,11,16,20H,6-7H2. The molecule has 0 saturated heterocycles. The van der Waals surface area contributed by atoms with E-state index in [2.05, 4.69) is 4.72 Å². The van der Waals surface area contributed by atoms with Gasteiger partial charge in [0.2, 0.25) is 10.0 Å². The number of halogens is 3. The summed E-state index contributed by atoms with van der Waals surface area (Å²) in [4.78, 5) is -0.891. The van der Waals surface area contributed by atoms with E-state index >= 15 is 0 Å². The van der Waals surface area contributed by atoms with E-state index < -0.39 is 38.4 Å². The molecule has 2 aromatic carbocycles. The summed E-state index contributed by atoms with van der Waals surface area (Å²) >= 11 is 0. The maximum absolute atomic E-state index is 13.8. The molecule has 0 aliphatic heterocycles. The molecule has 1 aliphatic rings. The first-order chi connectivity index (χ1) is 10.9. The van der Waals surface area contributed by atoms with Crippen LogP contribution in [0.15, 0.2) is 47.4 Å². The van der Waals surface area contributed by atoms with Crippen LogP contribution in [0.3, 0.4) is 0 Å². The lowest BCUT2D eigenvalue weighted by Gasteiger charge is -2.19. The van der Waals surface area contributed by atoms with Gasteiger partial charge in [-0.25, -0.2) is 26.3 Å². The number of rotatable bonds is 5. The van der Waals surface area contributed by atoms with Crippen molar-refractivity contribution in [3.63, 3.8) is 0 Å². The zero-order chi connectivity index (χ0) is 16.6. The molecule has 122 valence electrons. The highest BCUT2D eigenvalue weighted by molar-refractivity contribution is 7.89. The van der Waals surface area contributed by atoms with Crippen molar-refractivity contribution < 1.29 is 21.6 Å². The smallest absolute Gasteiger partial charge is 0.207 e. The molecule has 2 aromatic rings. The summed E-state index contributed by atoms with van der Waals surface area (Å²) in [7, 11) is -4.31. The van der Waals surface area contributed by atoms with Crippen LogP contribution in [0.1, 0.15) is 24.4 Å². The monoisotopic (exact) mass is 341 g/mol. The Labute approximate surface area is 132 Å². The first-order valence-corrected chi connectivity index (χ1v) is 8.59. The van der Waals surface area contributed by atoms with Gasteiger partial charge in [-0.3, -0.25) is 0 Å². The second-order valence-corrected chi connectivity index (χ2v) is 7.20. The largest absolute Gasteiger partial charge is 0.244 e. The van der Waals surface area contributed by atoms with Gasteiger partial charge in [-0.15, -0.1) is 0 Å². The number of nitrogens with one attached hydrogen (secondary N) is 1. The predicted molar refractivity (Wildman–Crippen MR) is 78.5 cm³/mol. The molecule has 1 unspecified atom stereocenters. The molecule has 1 atom stereocenters. The molecule has 0 spiro atoms. The van der Waals surface area contributed by atoms with Gasteiger partial charge in [0.25, 0.3) is 0 Å². The number of hydrogen-bond acceptors (Lipinski definition) is 2. The molecule has 1 fully saturated rings. The van der Waals surface area contributed by atoms with E-state index in [1.807, 2.05) is 0 Å². The van der Waals surface area contributed by atoms with Crippen LogP contribution in [0.4, 0.5) is 13.2 Å². The fraction of sp³-hybridized carbons (Fsp3) is 0.250. The third-order valence-corrected chi connectivity index (χ3v) is 5.28. The third-order valence-electron chi connectivity index (χ3n) is 3.82. The minimum absolute atomic E-state index is 0.112. The highest BCUT2D eigenvalue weighted by Gasteiger charge is 2.36. The van der Waals surface area contributed by atoms with Crippen LogP contribution in [0, 0.1) is 23.4 Å². The normalized spacial score (nSPS) is 16.3. The van der Waals surface area contributed by atoms with Gasteiger partial charge in [0.15, 0.2) is 17.5 Å².